The Kier molecular flexibility index (Phi) is 2.46. The van der Waals surface area contributed by atoms with Crippen molar-refractivity contribution in [3.8, 4) is 5.75 Å². The Morgan fingerprint density at radius 2 is 2.21 bits per heavy atom. The van der Waals surface area contributed by atoms with Crippen LogP contribution in [0, 0.1) is 5.92 Å². The normalized spacial score (nSPS) is 25.6. The van der Waals surface area contributed by atoms with Crippen LogP contribution in [-0.2, 0) is 6.42 Å². The molecule has 1 aliphatic rings. The molecule has 0 aromatic heterocycles. The lowest BCUT2D eigenvalue weighted by atomic mass is 9.83. The fourth-order valence-electron chi connectivity index (χ4n) is 2.18. The largest absolute Gasteiger partial charge is 0.497 e. The lowest BCUT2D eigenvalue weighted by Gasteiger charge is -2.26. The first kappa shape index (κ1) is 9.53. The summed E-state index contributed by atoms with van der Waals surface area (Å²) in [5.74, 6) is 1.44. The van der Waals surface area contributed by atoms with E-state index in [-0.39, 0.29) is 6.10 Å². The Balaban J connectivity index is 2.39. The summed E-state index contributed by atoms with van der Waals surface area (Å²) in [6.45, 7) is 2.17. The van der Waals surface area contributed by atoms with Crippen molar-refractivity contribution in [2.24, 2.45) is 5.92 Å². The lowest BCUT2D eigenvalue weighted by Crippen LogP contribution is -2.16. The van der Waals surface area contributed by atoms with Gasteiger partial charge in [0.1, 0.15) is 5.75 Å². The van der Waals surface area contributed by atoms with E-state index in [0.29, 0.717) is 5.92 Å². The third-order valence-corrected chi connectivity index (χ3v) is 2.90. The van der Waals surface area contributed by atoms with Gasteiger partial charge < -0.3 is 9.84 Å². The Labute approximate surface area is 84.5 Å². The average molecular weight is 192 g/mol. The van der Waals surface area contributed by atoms with Crippen LogP contribution in [0.2, 0.25) is 0 Å². The van der Waals surface area contributed by atoms with Gasteiger partial charge in [0.15, 0.2) is 0 Å². The highest BCUT2D eigenvalue weighted by Crippen LogP contribution is 2.34. The highest BCUT2D eigenvalue weighted by molar-refractivity contribution is 5.38. The predicted octanol–water partition coefficient (Wildman–Crippen LogP) is 2.31. The highest BCUT2D eigenvalue weighted by atomic mass is 16.5. The van der Waals surface area contributed by atoms with Gasteiger partial charge >= 0.3 is 0 Å². The van der Waals surface area contributed by atoms with Crippen molar-refractivity contribution in [3.05, 3.63) is 29.3 Å². The summed E-state index contributed by atoms with van der Waals surface area (Å²) in [4.78, 5) is 0. The zero-order chi connectivity index (χ0) is 10.1. The Morgan fingerprint density at radius 1 is 1.43 bits per heavy atom. The van der Waals surface area contributed by atoms with Gasteiger partial charge in [0.05, 0.1) is 13.2 Å². The number of methoxy groups -OCH3 is 1. The molecule has 0 heterocycles. The van der Waals surface area contributed by atoms with E-state index in [9.17, 15) is 5.11 Å². The number of ether oxygens (including phenoxy) is 1. The quantitative estimate of drug-likeness (QED) is 0.740. The van der Waals surface area contributed by atoms with Gasteiger partial charge in [0.25, 0.3) is 0 Å². The SMILES string of the molecule is COc1ccc2c(c1)C[C@H](C)CC2O. The molecule has 0 aliphatic heterocycles. The number of aliphatic hydroxyl groups excluding tert-OH is 1. The van der Waals surface area contributed by atoms with Gasteiger partial charge in [-0.1, -0.05) is 13.0 Å². The molecule has 0 spiro atoms. The molecular weight excluding hydrogens is 176 g/mol. The number of rotatable bonds is 1. The summed E-state index contributed by atoms with van der Waals surface area (Å²) in [6.07, 6.45) is 1.63. The van der Waals surface area contributed by atoms with Crippen LogP contribution in [0.15, 0.2) is 18.2 Å². The maximum atomic E-state index is 9.85. The third-order valence-electron chi connectivity index (χ3n) is 2.90. The topological polar surface area (TPSA) is 29.5 Å². The van der Waals surface area contributed by atoms with Gasteiger partial charge in [-0.25, -0.2) is 0 Å². The van der Waals surface area contributed by atoms with Gasteiger partial charge in [0.2, 0.25) is 0 Å². The predicted molar refractivity (Wildman–Crippen MR) is 55.4 cm³/mol. The van der Waals surface area contributed by atoms with Crippen molar-refractivity contribution in [3.63, 3.8) is 0 Å². The van der Waals surface area contributed by atoms with E-state index in [0.717, 1.165) is 24.2 Å². The van der Waals surface area contributed by atoms with Crippen molar-refractivity contribution >= 4 is 0 Å². The standard InChI is InChI=1S/C12H16O2/c1-8-5-9-7-10(14-2)3-4-11(9)12(13)6-8/h3-4,7-8,12-13H,5-6H2,1-2H3/t8-,12?/m0/s1. The molecule has 1 aromatic rings. The molecule has 0 fully saturated rings. The highest BCUT2D eigenvalue weighted by Gasteiger charge is 2.22. The van der Waals surface area contributed by atoms with E-state index in [1.165, 1.54) is 5.56 Å². The van der Waals surface area contributed by atoms with E-state index < -0.39 is 0 Å². The summed E-state index contributed by atoms with van der Waals surface area (Å²) < 4.78 is 5.17. The van der Waals surface area contributed by atoms with E-state index in [4.69, 9.17) is 4.74 Å². The molecule has 0 radical (unpaired) electrons. The molecule has 2 rings (SSSR count). The summed E-state index contributed by atoms with van der Waals surface area (Å²) in [6, 6.07) is 5.93. The zero-order valence-electron chi connectivity index (χ0n) is 8.66. The maximum Gasteiger partial charge on any atom is 0.119 e. The molecule has 0 amide bonds. The second kappa shape index (κ2) is 3.62. The van der Waals surface area contributed by atoms with Crippen LogP contribution in [0.5, 0.6) is 5.75 Å². The molecule has 0 saturated heterocycles. The number of hydrogen-bond donors (Lipinski definition) is 1. The summed E-state index contributed by atoms with van der Waals surface area (Å²) in [5.41, 5.74) is 2.31. The van der Waals surface area contributed by atoms with Gasteiger partial charge in [-0.2, -0.15) is 0 Å². The smallest absolute Gasteiger partial charge is 0.119 e. The third kappa shape index (κ3) is 1.62. The molecule has 1 aromatic carbocycles. The fourth-order valence-corrected chi connectivity index (χ4v) is 2.18. The minimum atomic E-state index is -0.292. The second-order valence-corrected chi connectivity index (χ2v) is 4.13. The molecule has 0 bridgehead atoms. The van der Waals surface area contributed by atoms with Crippen LogP contribution in [-0.4, -0.2) is 12.2 Å². The Hall–Kier alpha value is -1.02. The first-order valence-corrected chi connectivity index (χ1v) is 5.05. The molecular formula is C12H16O2. The first-order valence-electron chi connectivity index (χ1n) is 5.05. The maximum absolute atomic E-state index is 9.85. The molecule has 1 N–H and O–H groups in total. The van der Waals surface area contributed by atoms with Crippen LogP contribution >= 0.6 is 0 Å². The summed E-state index contributed by atoms with van der Waals surface area (Å²) >= 11 is 0. The molecule has 14 heavy (non-hydrogen) atoms. The van der Waals surface area contributed by atoms with Gasteiger partial charge in [0, 0.05) is 0 Å². The summed E-state index contributed by atoms with van der Waals surface area (Å²) in [5, 5.41) is 9.85. The number of benzene rings is 1. The van der Waals surface area contributed by atoms with E-state index in [1.807, 2.05) is 18.2 Å². The molecule has 2 atom stereocenters. The first-order chi connectivity index (χ1) is 6.70. The zero-order valence-corrected chi connectivity index (χ0v) is 8.66. The Bertz CT molecular complexity index is 333. The molecule has 1 unspecified atom stereocenters. The van der Waals surface area contributed by atoms with Crippen LogP contribution in [0.25, 0.3) is 0 Å². The molecule has 76 valence electrons. The number of hydrogen-bond acceptors (Lipinski definition) is 2. The molecule has 1 aliphatic carbocycles. The van der Waals surface area contributed by atoms with Gasteiger partial charge in [-0.15, -0.1) is 0 Å². The van der Waals surface area contributed by atoms with Crippen LogP contribution in [0.4, 0.5) is 0 Å². The fraction of sp³-hybridized carbons (Fsp3) is 0.500. The lowest BCUT2D eigenvalue weighted by molar-refractivity contribution is 0.136. The van der Waals surface area contributed by atoms with E-state index in [1.54, 1.807) is 7.11 Å². The molecule has 0 saturated carbocycles. The van der Waals surface area contributed by atoms with Crippen molar-refractivity contribution in [2.75, 3.05) is 7.11 Å². The van der Waals surface area contributed by atoms with Crippen molar-refractivity contribution in [2.45, 2.75) is 25.9 Å². The molecule has 2 heteroatoms. The number of fused-ring (bicyclic) bond motifs is 1. The van der Waals surface area contributed by atoms with Gasteiger partial charge in [-0.3, -0.25) is 0 Å². The van der Waals surface area contributed by atoms with Crippen molar-refractivity contribution < 1.29 is 9.84 Å². The van der Waals surface area contributed by atoms with Crippen molar-refractivity contribution in [1.82, 2.24) is 0 Å². The van der Waals surface area contributed by atoms with Crippen LogP contribution in [0.1, 0.15) is 30.6 Å². The average Bonchev–Trinajstić information content (AvgIpc) is 2.16. The minimum Gasteiger partial charge on any atom is -0.497 e. The minimum absolute atomic E-state index is 0.292. The molecule has 2 nitrogen and oxygen atoms in total. The van der Waals surface area contributed by atoms with E-state index in [2.05, 4.69) is 6.92 Å². The van der Waals surface area contributed by atoms with E-state index >= 15 is 0 Å². The van der Waals surface area contributed by atoms with Crippen molar-refractivity contribution in [1.29, 1.82) is 0 Å². The summed E-state index contributed by atoms with van der Waals surface area (Å²) in [7, 11) is 1.67. The van der Waals surface area contributed by atoms with Gasteiger partial charge in [-0.05, 0) is 42.0 Å². The number of aliphatic hydroxyl groups is 1. The Morgan fingerprint density at radius 3 is 2.93 bits per heavy atom. The monoisotopic (exact) mass is 192 g/mol. The second-order valence-electron chi connectivity index (χ2n) is 4.13. The van der Waals surface area contributed by atoms with Crippen LogP contribution in [0.3, 0.4) is 0 Å². The van der Waals surface area contributed by atoms with Crippen LogP contribution < -0.4 is 4.74 Å².